The molecule has 0 aromatic heterocycles. The third-order valence-electron chi connectivity index (χ3n) is 6.25. The van der Waals surface area contributed by atoms with Crippen molar-refractivity contribution >= 4 is 30.3 Å². The Labute approximate surface area is 196 Å². The number of likely N-dealkylation sites (N-methyl/N-ethyl adjacent to an activating group) is 1. The van der Waals surface area contributed by atoms with E-state index in [0.29, 0.717) is 30.7 Å². The Morgan fingerprint density at radius 1 is 1.27 bits per heavy atom. The van der Waals surface area contributed by atoms with E-state index < -0.39 is 11.9 Å². The van der Waals surface area contributed by atoms with Crippen LogP contribution in [0, 0.1) is 12.8 Å². The number of likely N-dealkylation sites (tertiary alicyclic amines) is 1. The van der Waals surface area contributed by atoms with Crippen LogP contribution in [0.15, 0.2) is 30.9 Å². The number of hydrogen-bond acceptors (Lipinski definition) is 5. The van der Waals surface area contributed by atoms with Crippen molar-refractivity contribution in [2.75, 3.05) is 32.0 Å². The van der Waals surface area contributed by atoms with Gasteiger partial charge in [-0.3, -0.25) is 24.1 Å². The molecule has 0 saturated carbocycles. The van der Waals surface area contributed by atoms with Crippen molar-refractivity contribution in [1.29, 1.82) is 0 Å². The van der Waals surface area contributed by atoms with Crippen LogP contribution < -0.4 is 10.6 Å². The maximum atomic E-state index is 13.1. The molecule has 2 rings (SSSR count). The predicted molar refractivity (Wildman–Crippen MR) is 129 cm³/mol. The number of carbonyl (C=O) groups excluding carboxylic acids is 4. The normalized spacial score (nSPS) is 14.8. The van der Waals surface area contributed by atoms with Crippen LogP contribution in [-0.4, -0.2) is 67.2 Å². The highest BCUT2D eigenvalue weighted by Gasteiger charge is 2.30. The lowest BCUT2D eigenvalue weighted by Crippen LogP contribution is -2.48. The first-order valence-corrected chi connectivity index (χ1v) is 11.6. The van der Waals surface area contributed by atoms with E-state index in [1.807, 2.05) is 24.0 Å². The molecular formula is C25H36N4O4. The molecule has 8 nitrogen and oxygen atoms in total. The van der Waals surface area contributed by atoms with E-state index >= 15 is 0 Å². The maximum Gasteiger partial charge on any atom is 0.261 e. The third-order valence-corrected chi connectivity index (χ3v) is 6.25. The van der Waals surface area contributed by atoms with Crippen LogP contribution in [0.5, 0.6) is 0 Å². The Morgan fingerprint density at radius 3 is 2.58 bits per heavy atom. The van der Waals surface area contributed by atoms with Crippen molar-refractivity contribution in [3.63, 3.8) is 0 Å². The van der Waals surface area contributed by atoms with Crippen LogP contribution in [0.25, 0.3) is 0 Å². The van der Waals surface area contributed by atoms with E-state index in [0.717, 1.165) is 67.9 Å². The second-order valence-electron chi connectivity index (χ2n) is 8.50. The van der Waals surface area contributed by atoms with E-state index in [1.54, 1.807) is 12.1 Å². The fourth-order valence-corrected chi connectivity index (χ4v) is 4.22. The molecule has 1 aromatic rings. The average molecular weight is 457 g/mol. The minimum absolute atomic E-state index is 0.320. The summed E-state index contributed by atoms with van der Waals surface area (Å²) in [7, 11) is 1.48. The summed E-state index contributed by atoms with van der Waals surface area (Å²) in [6.07, 6.45) is 8.12. The smallest absolute Gasteiger partial charge is 0.261 e. The van der Waals surface area contributed by atoms with Crippen LogP contribution in [0.1, 0.15) is 54.4 Å². The Morgan fingerprint density at radius 2 is 2.00 bits per heavy atom. The highest BCUT2D eigenvalue weighted by Crippen LogP contribution is 2.22. The largest absolute Gasteiger partial charge is 0.385 e. The van der Waals surface area contributed by atoms with E-state index in [-0.39, 0.29) is 5.91 Å². The summed E-state index contributed by atoms with van der Waals surface area (Å²) in [6.45, 7) is 7.99. The topological polar surface area (TPSA) is 98.8 Å². The van der Waals surface area contributed by atoms with E-state index in [9.17, 15) is 19.2 Å². The number of nitrogens with one attached hydrogen (secondary N) is 2. The molecule has 4 amide bonds. The molecule has 0 spiro atoms. The number of piperidine rings is 1. The van der Waals surface area contributed by atoms with Gasteiger partial charge in [-0.2, -0.15) is 0 Å². The fourth-order valence-electron chi connectivity index (χ4n) is 4.22. The molecule has 0 bridgehead atoms. The van der Waals surface area contributed by atoms with Crippen molar-refractivity contribution in [3.8, 4) is 0 Å². The molecule has 1 saturated heterocycles. The zero-order valence-corrected chi connectivity index (χ0v) is 19.7. The predicted octanol–water partition coefficient (Wildman–Crippen LogP) is 2.73. The summed E-state index contributed by atoms with van der Waals surface area (Å²) in [6, 6.07) is 4.52. The number of amides is 4. The van der Waals surface area contributed by atoms with Gasteiger partial charge in [0.15, 0.2) is 0 Å². The van der Waals surface area contributed by atoms with Crippen LogP contribution in [-0.2, 0) is 14.4 Å². The van der Waals surface area contributed by atoms with Gasteiger partial charge in [0, 0.05) is 37.9 Å². The molecule has 0 aliphatic carbocycles. The SMILES string of the molecule is C=CCCC(C(=O)NC)N(C=O)C(=O)c1ccc(NCCCC2CCN(C=O)CC2)cc1C. The number of rotatable bonds is 13. The molecule has 0 radical (unpaired) electrons. The fraction of sp³-hybridized carbons (Fsp3) is 0.520. The number of allylic oxidation sites excluding steroid dienone is 1. The summed E-state index contributed by atoms with van der Waals surface area (Å²) in [4.78, 5) is 50.7. The standard InChI is InChI=1S/C25H36N4O4/c1-4-5-8-23(24(32)26-3)29(18-31)25(33)22-10-9-21(16-19(22)2)27-13-6-7-20-11-14-28(17-30)15-12-20/h4,9-10,16-18,20,23,27H,1,5-8,11-15H2,2-3H3,(H,26,32). The molecule has 1 heterocycles. The van der Waals surface area contributed by atoms with E-state index in [1.165, 1.54) is 7.05 Å². The van der Waals surface area contributed by atoms with Crippen LogP contribution >= 0.6 is 0 Å². The lowest BCUT2D eigenvalue weighted by Gasteiger charge is -2.29. The van der Waals surface area contributed by atoms with Gasteiger partial charge >= 0.3 is 0 Å². The molecule has 1 unspecified atom stereocenters. The lowest BCUT2D eigenvalue weighted by molar-refractivity contribution is -0.130. The number of nitrogens with zero attached hydrogens (tertiary/aromatic N) is 2. The zero-order valence-electron chi connectivity index (χ0n) is 19.7. The van der Waals surface area contributed by atoms with Gasteiger partial charge in [-0.05, 0) is 75.1 Å². The average Bonchev–Trinajstić information content (AvgIpc) is 2.84. The third kappa shape index (κ3) is 7.44. The molecule has 33 heavy (non-hydrogen) atoms. The van der Waals surface area contributed by atoms with Crippen LogP contribution in [0.2, 0.25) is 0 Å². The van der Waals surface area contributed by atoms with Crippen molar-refractivity contribution < 1.29 is 19.2 Å². The first-order chi connectivity index (χ1) is 15.9. The number of carbonyl (C=O) groups is 4. The van der Waals surface area contributed by atoms with Gasteiger partial charge < -0.3 is 15.5 Å². The molecular weight excluding hydrogens is 420 g/mol. The van der Waals surface area contributed by atoms with Gasteiger partial charge in [0.05, 0.1) is 0 Å². The second-order valence-corrected chi connectivity index (χ2v) is 8.50. The first-order valence-electron chi connectivity index (χ1n) is 11.6. The summed E-state index contributed by atoms with van der Waals surface area (Å²) < 4.78 is 0. The minimum Gasteiger partial charge on any atom is -0.385 e. The number of anilines is 1. The van der Waals surface area contributed by atoms with Gasteiger partial charge in [-0.1, -0.05) is 6.08 Å². The lowest BCUT2D eigenvalue weighted by atomic mass is 9.92. The molecule has 1 aromatic carbocycles. The highest BCUT2D eigenvalue weighted by atomic mass is 16.2. The molecule has 180 valence electrons. The molecule has 1 aliphatic rings. The van der Waals surface area contributed by atoms with Gasteiger partial charge in [-0.25, -0.2) is 0 Å². The summed E-state index contributed by atoms with van der Waals surface area (Å²) >= 11 is 0. The number of hydrogen-bond donors (Lipinski definition) is 2. The van der Waals surface area contributed by atoms with Crippen LogP contribution in [0.4, 0.5) is 5.69 Å². The van der Waals surface area contributed by atoms with Crippen LogP contribution in [0.3, 0.4) is 0 Å². The monoisotopic (exact) mass is 456 g/mol. The minimum atomic E-state index is -0.881. The summed E-state index contributed by atoms with van der Waals surface area (Å²) in [5.74, 6) is -0.216. The van der Waals surface area contributed by atoms with Crippen molar-refractivity contribution in [2.45, 2.75) is 51.5 Å². The van der Waals surface area contributed by atoms with Gasteiger partial charge in [0.1, 0.15) is 6.04 Å². The quantitative estimate of drug-likeness (QED) is 0.270. The zero-order chi connectivity index (χ0) is 24.2. The number of benzene rings is 1. The molecule has 1 atom stereocenters. The van der Waals surface area contributed by atoms with Crippen molar-refractivity contribution in [1.82, 2.24) is 15.1 Å². The summed E-state index contributed by atoms with van der Waals surface area (Å²) in [5.41, 5.74) is 2.03. The van der Waals surface area contributed by atoms with Gasteiger partial charge in [0.2, 0.25) is 18.7 Å². The number of imide groups is 1. The summed E-state index contributed by atoms with van der Waals surface area (Å²) in [5, 5.41) is 5.92. The highest BCUT2D eigenvalue weighted by molar-refractivity contribution is 6.04. The molecule has 1 aliphatic heterocycles. The van der Waals surface area contributed by atoms with Crippen molar-refractivity contribution in [2.24, 2.45) is 5.92 Å². The van der Waals surface area contributed by atoms with Gasteiger partial charge in [0.25, 0.3) is 5.91 Å². The molecule has 2 N–H and O–H groups in total. The first kappa shape index (κ1) is 26.1. The second kappa shape index (κ2) is 13.4. The van der Waals surface area contributed by atoms with Gasteiger partial charge in [-0.15, -0.1) is 6.58 Å². The molecule has 8 heteroatoms. The maximum absolute atomic E-state index is 13.1. The van der Waals surface area contributed by atoms with Crippen molar-refractivity contribution in [3.05, 3.63) is 42.0 Å². The van der Waals surface area contributed by atoms with E-state index in [2.05, 4.69) is 17.2 Å². The Kier molecular flexibility index (Phi) is 10.6. The van der Waals surface area contributed by atoms with E-state index in [4.69, 9.17) is 0 Å². The Bertz CT molecular complexity index is 834. The Hall–Kier alpha value is -3.16. The number of aryl methyl sites for hydroxylation is 1. The Balaban J connectivity index is 1.94. The molecule has 1 fully saturated rings.